The van der Waals surface area contributed by atoms with Gasteiger partial charge in [0.25, 0.3) is 5.91 Å². The maximum atomic E-state index is 11.0. The van der Waals surface area contributed by atoms with Gasteiger partial charge in [0.05, 0.1) is 5.60 Å². The van der Waals surface area contributed by atoms with Gasteiger partial charge in [0, 0.05) is 25.3 Å². The summed E-state index contributed by atoms with van der Waals surface area (Å²) < 4.78 is 6.00. The summed E-state index contributed by atoms with van der Waals surface area (Å²) >= 11 is 0. The monoisotopic (exact) mass is 356 g/mol. The largest absolute Gasteiger partial charge is 0.378 e. The van der Waals surface area contributed by atoms with Crippen LogP contribution in [0.1, 0.15) is 49.7 Å². The number of rotatable bonds is 6. The van der Waals surface area contributed by atoms with Gasteiger partial charge < -0.3 is 10.1 Å². The summed E-state index contributed by atoms with van der Waals surface area (Å²) in [7, 11) is 1.89. The fourth-order valence-corrected chi connectivity index (χ4v) is 5.87. The van der Waals surface area contributed by atoms with Crippen LogP contribution >= 0.6 is 0 Å². The molecule has 140 valence electrons. The van der Waals surface area contributed by atoms with E-state index in [4.69, 9.17) is 9.94 Å². The maximum Gasteiger partial charge on any atom is 0.267 e. The molecule has 4 aliphatic carbocycles. The molecule has 0 aromatic heterocycles. The van der Waals surface area contributed by atoms with Crippen molar-refractivity contribution in [2.24, 2.45) is 11.8 Å². The third kappa shape index (κ3) is 3.43. The van der Waals surface area contributed by atoms with Crippen molar-refractivity contribution in [3.63, 3.8) is 0 Å². The van der Waals surface area contributed by atoms with E-state index in [9.17, 15) is 4.79 Å². The highest BCUT2D eigenvalue weighted by Gasteiger charge is 2.57. The van der Waals surface area contributed by atoms with Crippen molar-refractivity contribution in [3.8, 4) is 0 Å². The van der Waals surface area contributed by atoms with E-state index in [1.807, 2.05) is 19.2 Å². The van der Waals surface area contributed by atoms with Gasteiger partial charge in [0.2, 0.25) is 0 Å². The van der Waals surface area contributed by atoms with Crippen LogP contribution in [0.2, 0.25) is 0 Å². The highest BCUT2D eigenvalue weighted by molar-refractivity contribution is 5.90. The van der Waals surface area contributed by atoms with Crippen LogP contribution in [-0.2, 0) is 16.1 Å². The first-order valence-electron chi connectivity index (χ1n) is 9.55. The highest BCUT2D eigenvalue weighted by Crippen LogP contribution is 2.58. The topological polar surface area (TPSA) is 70.6 Å². The second-order valence-corrected chi connectivity index (χ2v) is 8.53. The number of carbonyl (C=O) groups excluding carboxylic acids is 1. The standard InChI is InChI=1S/C21H28N2O3/c1-26-21-11-17-8-18(12-21)10-20(9-17,14-21)22-13-16-4-2-15(3-5-16)6-7-19(24)23-25/h2-7,17-18,22,25H,8-14H2,1H3,(H,23,24)/b7-6+. The summed E-state index contributed by atoms with van der Waals surface area (Å²) in [4.78, 5) is 11.0. The molecular formula is C21H28N2O3. The minimum Gasteiger partial charge on any atom is -0.378 e. The Balaban J connectivity index is 1.40. The minimum atomic E-state index is -0.523. The Morgan fingerprint density at radius 3 is 2.54 bits per heavy atom. The number of ether oxygens (including phenoxy) is 1. The predicted molar refractivity (Wildman–Crippen MR) is 99.4 cm³/mol. The molecular weight excluding hydrogens is 328 g/mol. The molecule has 5 heteroatoms. The molecule has 26 heavy (non-hydrogen) atoms. The molecule has 2 unspecified atom stereocenters. The van der Waals surface area contributed by atoms with Crippen LogP contribution in [-0.4, -0.2) is 29.4 Å². The van der Waals surface area contributed by atoms with Gasteiger partial charge in [0.15, 0.2) is 0 Å². The Kier molecular flexibility index (Phi) is 4.63. The quantitative estimate of drug-likeness (QED) is 0.416. The molecule has 4 fully saturated rings. The van der Waals surface area contributed by atoms with Crippen molar-refractivity contribution in [3.05, 3.63) is 41.5 Å². The maximum absolute atomic E-state index is 11.0. The molecule has 1 aromatic carbocycles. The van der Waals surface area contributed by atoms with E-state index in [2.05, 4.69) is 17.4 Å². The Bertz CT molecular complexity index is 684. The smallest absolute Gasteiger partial charge is 0.267 e. The van der Waals surface area contributed by atoms with Crippen LogP contribution in [0.3, 0.4) is 0 Å². The van der Waals surface area contributed by atoms with Gasteiger partial charge in [-0.15, -0.1) is 0 Å². The van der Waals surface area contributed by atoms with E-state index in [1.165, 1.54) is 43.7 Å². The summed E-state index contributed by atoms with van der Waals surface area (Å²) in [5, 5.41) is 12.4. The van der Waals surface area contributed by atoms with E-state index in [1.54, 1.807) is 11.6 Å². The predicted octanol–water partition coefficient (Wildman–Crippen LogP) is 3.03. The first-order chi connectivity index (χ1) is 12.5. The molecule has 0 saturated heterocycles. The highest BCUT2D eigenvalue weighted by atomic mass is 16.5. The number of nitrogens with one attached hydrogen (secondary N) is 2. The SMILES string of the molecule is COC12CC3CC(CC(NCc4ccc(/C=C/C(=O)NO)cc4)(C3)C1)C2. The van der Waals surface area contributed by atoms with E-state index < -0.39 is 5.91 Å². The van der Waals surface area contributed by atoms with Gasteiger partial charge in [-0.2, -0.15) is 0 Å². The first kappa shape index (κ1) is 17.7. The minimum absolute atomic E-state index is 0.110. The number of carbonyl (C=O) groups is 1. The third-order valence-corrected chi connectivity index (χ3v) is 6.63. The molecule has 0 heterocycles. The summed E-state index contributed by atoms with van der Waals surface area (Å²) in [6, 6.07) is 8.18. The molecule has 4 aliphatic rings. The molecule has 1 amide bonds. The van der Waals surface area contributed by atoms with Crippen molar-refractivity contribution < 1.29 is 14.7 Å². The second-order valence-electron chi connectivity index (χ2n) is 8.53. The molecule has 0 radical (unpaired) electrons. The lowest BCUT2D eigenvalue weighted by molar-refractivity contribution is -0.161. The number of benzene rings is 1. The van der Waals surface area contributed by atoms with Crippen LogP contribution in [0.4, 0.5) is 0 Å². The molecule has 4 bridgehead atoms. The van der Waals surface area contributed by atoms with Crippen LogP contribution in [0.15, 0.2) is 30.3 Å². The lowest BCUT2D eigenvalue weighted by Gasteiger charge is -2.61. The molecule has 2 atom stereocenters. The van der Waals surface area contributed by atoms with Crippen molar-refractivity contribution in [2.45, 2.75) is 56.2 Å². The van der Waals surface area contributed by atoms with E-state index in [0.717, 1.165) is 30.4 Å². The molecule has 0 spiro atoms. The van der Waals surface area contributed by atoms with Crippen molar-refractivity contribution in [2.75, 3.05) is 7.11 Å². The number of hydroxylamine groups is 1. The van der Waals surface area contributed by atoms with Crippen LogP contribution in [0, 0.1) is 11.8 Å². The first-order valence-corrected chi connectivity index (χ1v) is 9.55. The van der Waals surface area contributed by atoms with E-state index in [-0.39, 0.29) is 11.1 Å². The van der Waals surface area contributed by atoms with E-state index >= 15 is 0 Å². The fourth-order valence-electron chi connectivity index (χ4n) is 5.87. The molecule has 5 rings (SSSR count). The second kappa shape index (κ2) is 6.80. The average molecular weight is 356 g/mol. The van der Waals surface area contributed by atoms with E-state index in [0.29, 0.717) is 0 Å². The summed E-state index contributed by atoms with van der Waals surface area (Å²) in [5.41, 5.74) is 4.12. The number of hydrogen-bond donors (Lipinski definition) is 3. The zero-order chi connectivity index (χ0) is 18.2. The van der Waals surface area contributed by atoms with Gasteiger partial charge >= 0.3 is 0 Å². The van der Waals surface area contributed by atoms with Crippen molar-refractivity contribution in [1.82, 2.24) is 10.8 Å². The zero-order valence-electron chi connectivity index (χ0n) is 15.3. The molecule has 1 aromatic rings. The van der Waals surface area contributed by atoms with Crippen molar-refractivity contribution >= 4 is 12.0 Å². The molecule has 5 nitrogen and oxygen atoms in total. The van der Waals surface area contributed by atoms with Crippen LogP contribution < -0.4 is 10.8 Å². The van der Waals surface area contributed by atoms with Gasteiger partial charge in [-0.05, 0) is 67.6 Å². The van der Waals surface area contributed by atoms with Gasteiger partial charge in [0.1, 0.15) is 0 Å². The summed E-state index contributed by atoms with van der Waals surface area (Å²) in [5.74, 6) is 1.10. The summed E-state index contributed by atoms with van der Waals surface area (Å²) in [6.45, 7) is 0.861. The molecule has 3 N–H and O–H groups in total. The number of methoxy groups -OCH3 is 1. The Morgan fingerprint density at radius 1 is 1.23 bits per heavy atom. The third-order valence-electron chi connectivity index (χ3n) is 6.63. The number of hydrogen-bond acceptors (Lipinski definition) is 4. The van der Waals surface area contributed by atoms with Crippen molar-refractivity contribution in [1.29, 1.82) is 0 Å². The van der Waals surface area contributed by atoms with Crippen LogP contribution in [0.5, 0.6) is 0 Å². The molecule has 4 saturated carbocycles. The zero-order valence-corrected chi connectivity index (χ0v) is 15.3. The summed E-state index contributed by atoms with van der Waals surface area (Å²) in [6.07, 6.45) is 10.6. The van der Waals surface area contributed by atoms with Gasteiger partial charge in [-0.3, -0.25) is 10.0 Å². The van der Waals surface area contributed by atoms with Gasteiger partial charge in [-0.25, -0.2) is 5.48 Å². The normalized spacial score (nSPS) is 35.2. The Hall–Kier alpha value is -1.69. The Labute approximate surface area is 154 Å². The number of amides is 1. The lowest BCUT2D eigenvalue weighted by atomic mass is 9.51. The van der Waals surface area contributed by atoms with Gasteiger partial charge in [-0.1, -0.05) is 24.3 Å². The fraction of sp³-hybridized carbons (Fsp3) is 0.571. The molecule has 0 aliphatic heterocycles. The average Bonchev–Trinajstić information content (AvgIpc) is 2.64. The van der Waals surface area contributed by atoms with Crippen LogP contribution in [0.25, 0.3) is 6.08 Å². The Morgan fingerprint density at radius 2 is 1.92 bits per heavy atom. The lowest BCUT2D eigenvalue weighted by Crippen LogP contribution is -2.64.